The van der Waals surface area contributed by atoms with Crippen molar-refractivity contribution < 1.29 is 57.3 Å². The second kappa shape index (κ2) is 30.5. The molecule has 3 saturated heterocycles. The van der Waals surface area contributed by atoms with Crippen LogP contribution in [0.1, 0.15) is 106 Å². The van der Waals surface area contributed by atoms with Gasteiger partial charge in [-0.25, -0.2) is 19.2 Å². The van der Waals surface area contributed by atoms with Crippen molar-refractivity contribution in [2.75, 3.05) is 87.2 Å². The molecule has 0 saturated carbocycles. The minimum absolute atomic E-state index is 0.0870. The van der Waals surface area contributed by atoms with Gasteiger partial charge in [0.2, 0.25) is 0 Å². The van der Waals surface area contributed by atoms with Crippen molar-refractivity contribution in [1.82, 2.24) is 19.6 Å². The van der Waals surface area contributed by atoms with Gasteiger partial charge in [0, 0.05) is 102 Å². The van der Waals surface area contributed by atoms with Gasteiger partial charge < -0.3 is 48.3 Å². The van der Waals surface area contributed by atoms with Crippen molar-refractivity contribution >= 4 is 82.4 Å². The third kappa shape index (κ3) is 18.3. The van der Waals surface area contributed by atoms with Gasteiger partial charge in [-0.15, -0.1) is 0 Å². The van der Waals surface area contributed by atoms with Gasteiger partial charge in [-0.3, -0.25) is 19.2 Å². The predicted molar refractivity (Wildman–Crippen MR) is 314 cm³/mol. The third-order valence-electron chi connectivity index (χ3n) is 14.9. The van der Waals surface area contributed by atoms with E-state index in [2.05, 4.69) is 9.80 Å². The number of amides is 4. The molecule has 444 valence electrons. The number of rotatable bonds is 14. The van der Waals surface area contributed by atoms with Crippen LogP contribution >= 0.6 is 23.5 Å². The number of hydrogen-bond acceptors (Lipinski definition) is 16. The Morgan fingerprint density at radius 3 is 0.912 bits per heavy atom. The average Bonchev–Trinajstić information content (AvgIpc) is 3.44. The second-order valence-electron chi connectivity index (χ2n) is 23.3. The van der Waals surface area contributed by atoms with Gasteiger partial charge in [-0.2, -0.15) is 23.5 Å². The van der Waals surface area contributed by atoms with Crippen molar-refractivity contribution in [3.05, 3.63) is 59.7 Å². The van der Waals surface area contributed by atoms with Crippen LogP contribution in [-0.4, -0.2) is 193 Å². The summed E-state index contributed by atoms with van der Waals surface area (Å²) < 4.78 is 24.3. The topological polar surface area (TPSA) is 193 Å². The van der Waals surface area contributed by atoms with Crippen LogP contribution in [-0.2, 0) is 70.1 Å². The standard InChI is InChI=1S/C60H90N6O12S2/c1-37(2)31-47-57(71)75-41(9)53(67)61(11)50(34-40(7)8)60(74)78-52(36-44-17-21-46(22-18-44)66-25-29-80-30-26-66)56(70)64(14)48(32-38(3)4)58(72)76-42(10)54(68)62(12)49(33-39(5)6)59(73)77-51(55(69)63(47)13)35-43-15-19-45(20-16-43)65-23-27-79-28-24-65/h15-22,37-42,47-52H,23-36H2,1-14H3/t41-,42-,47+,48+,49+,50+,51-,52-/m1/s1. The lowest BCUT2D eigenvalue weighted by atomic mass is 10.00. The zero-order valence-electron chi connectivity index (χ0n) is 49.8. The molecule has 20 heteroatoms. The largest absolute Gasteiger partial charge is 0.451 e. The van der Waals surface area contributed by atoms with E-state index in [-0.39, 0.29) is 62.2 Å². The van der Waals surface area contributed by atoms with Crippen LogP contribution < -0.4 is 9.80 Å². The Balaban J connectivity index is 1.59. The lowest BCUT2D eigenvalue weighted by Gasteiger charge is -2.35. The van der Waals surface area contributed by atoms with Crippen molar-refractivity contribution in [3.63, 3.8) is 0 Å². The van der Waals surface area contributed by atoms with Gasteiger partial charge >= 0.3 is 23.9 Å². The second-order valence-corrected chi connectivity index (χ2v) is 25.8. The number of ether oxygens (including phenoxy) is 4. The smallest absolute Gasteiger partial charge is 0.329 e. The maximum absolute atomic E-state index is 15.0. The minimum Gasteiger partial charge on any atom is -0.451 e. The quantitative estimate of drug-likeness (QED) is 0.142. The van der Waals surface area contributed by atoms with E-state index in [9.17, 15) is 28.8 Å². The summed E-state index contributed by atoms with van der Waals surface area (Å²) in [7, 11) is 5.66. The zero-order valence-corrected chi connectivity index (χ0v) is 51.5. The highest BCUT2D eigenvalue weighted by molar-refractivity contribution is 7.99. The molecular formula is C60H90N6O12S2. The van der Waals surface area contributed by atoms with E-state index in [4.69, 9.17) is 18.9 Å². The number of likely N-dealkylation sites (N-methyl/N-ethyl adjacent to an activating group) is 4. The summed E-state index contributed by atoms with van der Waals surface area (Å²) >= 11 is 3.79. The first kappa shape index (κ1) is 65.3. The lowest BCUT2D eigenvalue weighted by Crippen LogP contribution is -2.55. The molecule has 3 aliphatic heterocycles. The van der Waals surface area contributed by atoms with E-state index in [1.165, 1.54) is 51.8 Å². The molecule has 18 nitrogen and oxygen atoms in total. The van der Waals surface area contributed by atoms with Crippen LogP contribution in [0.25, 0.3) is 0 Å². The molecule has 0 unspecified atom stereocenters. The van der Waals surface area contributed by atoms with E-state index in [0.29, 0.717) is 11.1 Å². The SMILES string of the molecule is CC(C)C[C@H]1C(=O)O[C@H](Cc2ccc(N3CCSCC3)cc2)C(=O)N(C)[C@@H](CC(C)C)C(=O)O[C@H](C)C(=O)N(C)[C@@H](CC(C)C)C(=O)O[C@H](Cc2ccc(N3CCSCC3)cc2)C(=O)N(C)[C@@H](CC(C)C)C(=O)O[C@H](C)C(=O)N1C. The molecule has 3 aliphatic rings. The lowest BCUT2D eigenvalue weighted by molar-refractivity contribution is -0.176. The average molecular weight is 1150 g/mol. The van der Waals surface area contributed by atoms with Gasteiger partial charge in [0.15, 0.2) is 24.4 Å². The molecule has 3 fully saturated rings. The number of nitrogens with zero attached hydrogens (tertiary/aromatic N) is 6. The number of cyclic esters (lactones) is 4. The molecular weight excluding hydrogens is 1060 g/mol. The Labute approximate surface area is 484 Å². The third-order valence-corrected chi connectivity index (χ3v) is 16.8. The Bertz CT molecular complexity index is 2230. The van der Waals surface area contributed by atoms with Gasteiger partial charge in [0.25, 0.3) is 23.6 Å². The van der Waals surface area contributed by atoms with Crippen LogP contribution in [0.15, 0.2) is 48.5 Å². The Morgan fingerprint density at radius 2 is 0.650 bits per heavy atom. The molecule has 0 N–H and O–H groups in total. The molecule has 3 heterocycles. The summed E-state index contributed by atoms with van der Waals surface area (Å²) in [6.45, 7) is 21.3. The maximum atomic E-state index is 15.0. The van der Waals surface area contributed by atoms with Crippen molar-refractivity contribution in [2.24, 2.45) is 23.7 Å². The zero-order chi connectivity index (χ0) is 59.1. The fraction of sp³-hybridized carbons (Fsp3) is 0.667. The predicted octanol–water partition coefficient (Wildman–Crippen LogP) is 6.77. The molecule has 2 aromatic carbocycles. The van der Waals surface area contributed by atoms with Gasteiger partial charge in [-0.1, -0.05) is 79.7 Å². The fourth-order valence-corrected chi connectivity index (χ4v) is 12.0. The van der Waals surface area contributed by atoms with Crippen molar-refractivity contribution in [2.45, 2.75) is 156 Å². The molecule has 0 radical (unpaired) electrons. The molecule has 0 aromatic heterocycles. The number of carbonyl (C=O) groups excluding carboxylic acids is 8. The Morgan fingerprint density at radius 1 is 0.400 bits per heavy atom. The maximum Gasteiger partial charge on any atom is 0.329 e. The highest BCUT2D eigenvalue weighted by Crippen LogP contribution is 2.27. The normalized spacial score (nSPS) is 25.6. The molecule has 4 amide bonds. The molecule has 80 heavy (non-hydrogen) atoms. The number of esters is 4. The monoisotopic (exact) mass is 1150 g/mol. The minimum atomic E-state index is -1.49. The summed E-state index contributed by atoms with van der Waals surface area (Å²) in [4.78, 5) is 127. The highest BCUT2D eigenvalue weighted by Gasteiger charge is 2.43. The van der Waals surface area contributed by atoms with E-state index in [1.54, 1.807) is 0 Å². The summed E-state index contributed by atoms with van der Waals surface area (Å²) in [5.41, 5.74) is 3.37. The van der Waals surface area contributed by atoms with Crippen LogP contribution in [0.4, 0.5) is 11.4 Å². The number of hydrogen-bond donors (Lipinski definition) is 0. The van der Waals surface area contributed by atoms with Crippen LogP contribution in [0.2, 0.25) is 0 Å². The summed E-state index contributed by atoms with van der Waals surface area (Å²) in [5.74, 6) is -3.12. The fourth-order valence-electron chi connectivity index (χ4n) is 10.2. The van der Waals surface area contributed by atoms with E-state index >= 15 is 9.59 Å². The number of thioether (sulfide) groups is 2. The molecule has 0 spiro atoms. The summed E-state index contributed by atoms with van der Waals surface area (Å²) in [6, 6.07) is 10.3. The molecule has 5 rings (SSSR count). The summed E-state index contributed by atoms with van der Waals surface area (Å²) in [6.07, 6.45) is -5.65. The molecule has 2 aromatic rings. The van der Waals surface area contributed by atoms with Crippen molar-refractivity contribution in [1.29, 1.82) is 0 Å². The Kier molecular flexibility index (Phi) is 24.9. The molecule has 0 bridgehead atoms. The highest BCUT2D eigenvalue weighted by atomic mass is 32.2. The first-order valence-electron chi connectivity index (χ1n) is 28.5. The van der Waals surface area contributed by atoms with E-state index in [1.807, 2.05) is 127 Å². The molecule has 8 atom stereocenters. The number of anilines is 2. The number of benzene rings is 2. The van der Waals surface area contributed by atoms with Crippen LogP contribution in [0.5, 0.6) is 0 Å². The molecule has 0 aliphatic carbocycles. The van der Waals surface area contributed by atoms with Gasteiger partial charge in [-0.05, 0) is 98.6 Å². The van der Waals surface area contributed by atoms with Crippen LogP contribution in [0.3, 0.4) is 0 Å². The van der Waals surface area contributed by atoms with Gasteiger partial charge in [0.1, 0.15) is 24.2 Å². The Hall–Kier alpha value is -5.50. The van der Waals surface area contributed by atoms with Crippen molar-refractivity contribution in [3.8, 4) is 0 Å². The first-order valence-corrected chi connectivity index (χ1v) is 30.8. The van der Waals surface area contributed by atoms with Gasteiger partial charge in [0.05, 0.1) is 0 Å². The number of carbonyl (C=O) groups is 8. The van der Waals surface area contributed by atoms with Crippen LogP contribution in [0, 0.1) is 23.7 Å². The van der Waals surface area contributed by atoms with E-state index < -0.39 is 96.1 Å². The first-order chi connectivity index (χ1) is 37.8. The summed E-state index contributed by atoms with van der Waals surface area (Å²) in [5, 5.41) is 0. The van der Waals surface area contributed by atoms with E-state index in [0.717, 1.165) is 70.4 Å².